The first kappa shape index (κ1) is 35.2. The topological polar surface area (TPSA) is 195 Å². The van der Waals surface area contributed by atoms with Crippen molar-refractivity contribution in [2.24, 2.45) is 11.5 Å². The molecular weight excluding hydrogens is 568 g/mol. The summed E-state index contributed by atoms with van der Waals surface area (Å²) in [6, 6.07) is 0.562. The minimum absolute atomic E-state index is 0. The second-order valence-electron chi connectivity index (χ2n) is 5.60. The van der Waals surface area contributed by atoms with Crippen LogP contribution in [0, 0.1) is 0 Å². The Morgan fingerprint density at radius 1 is 1.00 bits per heavy atom. The van der Waals surface area contributed by atoms with E-state index in [0.717, 1.165) is 12.8 Å². The van der Waals surface area contributed by atoms with E-state index < -0.39 is 31.6 Å². The van der Waals surface area contributed by atoms with E-state index in [4.69, 9.17) is 11.5 Å². The molecule has 0 saturated heterocycles. The standard InChI is InChI=1S/C7H13O7P.C6H14N2.2Na.Pt/c8-6(9)4-2-1-3-5(7(10)11)15(12,13)14;7-5-3-1-2-4-6(5)8;;;/h5H,1-4H2,(H,8,9)(H,10,11)(H2,12,13,14);5-6H,1-4,7-8H2;;;/q;;2*+1;+2/p-4. The van der Waals surface area contributed by atoms with Crippen LogP contribution in [0.5, 0.6) is 0 Å². The van der Waals surface area contributed by atoms with E-state index in [0.29, 0.717) is 0 Å². The van der Waals surface area contributed by atoms with Gasteiger partial charge in [0.25, 0.3) is 0 Å². The van der Waals surface area contributed by atoms with Gasteiger partial charge < -0.3 is 45.6 Å². The predicted octanol–water partition coefficient (Wildman–Crippen LogP) is -9.45. The molecule has 1 rings (SSSR count). The third-order valence-corrected chi connectivity index (χ3v) is 4.87. The van der Waals surface area contributed by atoms with Gasteiger partial charge in [0.05, 0.1) is 0 Å². The van der Waals surface area contributed by atoms with Crippen molar-refractivity contribution in [2.75, 3.05) is 0 Å². The van der Waals surface area contributed by atoms with Gasteiger partial charge in [0, 0.05) is 29.7 Å². The quantitative estimate of drug-likeness (QED) is 0.164. The molecule has 1 fully saturated rings. The second-order valence-corrected chi connectivity index (χ2v) is 7.31. The molecule has 0 amide bonds. The summed E-state index contributed by atoms with van der Waals surface area (Å²) in [7, 11) is -5.22. The molecule has 0 bridgehead atoms. The van der Waals surface area contributed by atoms with Crippen LogP contribution in [0.1, 0.15) is 51.4 Å². The zero-order valence-corrected chi connectivity index (χ0v) is 22.3. The average molecular weight is 591 g/mol. The second kappa shape index (κ2) is 18.7. The Kier molecular flexibility index (Phi) is 25.3. The van der Waals surface area contributed by atoms with Gasteiger partial charge in [-0.3, -0.25) is 0 Å². The summed E-state index contributed by atoms with van der Waals surface area (Å²) in [5, 5.41) is 20.2. The molecule has 1 aliphatic rings. The zero-order chi connectivity index (χ0) is 18.0. The number of carbonyl (C=O) groups is 2. The molecule has 0 radical (unpaired) electrons. The molecule has 1 saturated carbocycles. The van der Waals surface area contributed by atoms with Crippen molar-refractivity contribution in [3.63, 3.8) is 0 Å². The number of carboxylic acids is 2. The fourth-order valence-corrected chi connectivity index (χ4v) is 2.96. The van der Waals surface area contributed by atoms with Crippen LogP contribution < -0.4 is 90.6 Å². The van der Waals surface area contributed by atoms with Gasteiger partial charge in [0.1, 0.15) is 0 Å². The van der Waals surface area contributed by atoms with Crippen molar-refractivity contribution >= 4 is 19.5 Å². The maximum atomic E-state index is 10.4. The van der Waals surface area contributed by atoms with Gasteiger partial charge in [-0.05, 0) is 32.1 Å². The first-order valence-corrected chi connectivity index (χ1v) is 9.10. The Morgan fingerprint density at radius 2 is 1.42 bits per heavy atom. The number of unbranched alkanes of at least 4 members (excludes halogenated alkanes) is 1. The van der Waals surface area contributed by atoms with E-state index in [1.165, 1.54) is 12.8 Å². The number of nitrogens with two attached hydrogens (primary N) is 2. The number of hydrogen-bond acceptors (Lipinski definition) is 9. The van der Waals surface area contributed by atoms with Gasteiger partial charge in [-0.2, -0.15) is 0 Å². The van der Waals surface area contributed by atoms with E-state index in [1.807, 2.05) is 0 Å². The summed E-state index contributed by atoms with van der Waals surface area (Å²) in [6.45, 7) is 0. The van der Waals surface area contributed by atoms with Crippen molar-refractivity contribution in [3.8, 4) is 0 Å². The summed E-state index contributed by atoms with van der Waals surface area (Å²) in [6.07, 6.45) is 4.13. The molecular formula is C13H23N2Na2O7PPt. The molecule has 9 nitrogen and oxygen atoms in total. The molecule has 0 aromatic heterocycles. The fourth-order valence-electron chi connectivity index (χ4n) is 2.20. The Balaban J connectivity index is -0.000000189. The zero-order valence-electron chi connectivity index (χ0n) is 15.2. The predicted molar refractivity (Wildman–Crippen MR) is 74.3 cm³/mol. The van der Waals surface area contributed by atoms with Crippen LogP contribution in [0.25, 0.3) is 0 Å². The Hall–Kier alpha value is 1.70. The van der Waals surface area contributed by atoms with Crippen LogP contribution in [0.3, 0.4) is 0 Å². The van der Waals surface area contributed by atoms with Crippen LogP contribution in [0.4, 0.5) is 0 Å². The normalized spacial score (nSPS) is 20.0. The van der Waals surface area contributed by atoms with Crippen molar-refractivity contribution in [1.29, 1.82) is 0 Å². The molecule has 144 valence electrons. The van der Waals surface area contributed by atoms with Gasteiger partial charge in [0.2, 0.25) is 0 Å². The fraction of sp³-hybridized carbons (Fsp3) is 0.846. The largest absolute Gasteiger partial charge is 2.00 e. The van der Waals surface area contributed by atoms with E-state index in [-0.39, 0.29) is 112 Å². The van der Waals surface area contributed by atoms with Crippen LogP contribution in [0.2, 0.25) is 0 Å². The molecule has 0 aromatic carbocycles. The number of carboxylic acid groups (broad SMARTS) is 2. The summed E-state index contributed by atoms with van der Waals surface area (Å²) in [5.74, 6) is -3.26. The number of carbonyl (C=O) groups excluding carboxylic acids is 2. The number of aliphatic carboxylic acids is 2. The first-order chi connectivity index (χ1) is 10.6. The van der Waals surface area contributed by atoms with E-state index in [9.17, 15) is 34.2 Å². The molecule has 1 aliphatic carbocycles. The van der Waals surface area contributed by atoms with Gasteiger partial charge in [-0.1, -0.05) is 26.9 Å². The van der Waals surface area contributed by atoms with Crippen molar-refractivity contribution in [1.82, 2.24) is 0 Å². The maximum Gasteiger partial charge on any atom is 2.00 e. The minimum atomic E-state index is -5.22. The number of rotatable bonds is 7. The maximum absolute atomic E-state index is 10.4. The van der Waals surface area contributed by atoms with Crippen molar-refractivity contribution in [3.05, 3.63) is 0 Å². The van der Waals surface area contributed by atoms with Gasteiger partial charge in [-0.25, -0.2) is 0 Å². The summed E-state index contributed by atoms with van der Waals surface area (Å²) in [5.41, 5.74) is 9.22. The molecule has 26 heavy (non-hydrogen) atoms. The summed E-state index contributed by atoms with van der Waals surface area (Å²) >= 11 is 0. The SMILES string of the molecule is NC1CCCCC1N.O=C([O-])CCCCC(C(=O)[O-])P(=O)([O-])[O-].[Na+].[Na+].[Pt+2]. The number of hydrogen-bond donors (Lipinski definition) is 2. The van der Waals surface area contributed by atoms with Crippen LogP contribution in [-0.2, 0) is 35.2 Å². The van der Waals surface area contributed by atoms with Gasteiger partial charge in [-0.15, -0.1) is 0 Å². The molecule has 0 aliphatic heterocycles. The molecule has 4 N–H and O–H groups in total. The van der Waals surface area contributed by atoms with Crippen LogP contribution >= 0.6 is 7.60 Å². The minimum Gasteiger partial charge on any atom is -0.810 e. The molecule has 0 spiro atoms. The van der Waals surface area contributed by atoms with Gasteiger partial charge in [0.15, 0.2) is 0 Å². The smallest absolute Gasteiger partial charge is 0.810 e. The first-order valence-electron chi connectivity index (χ1n) is 7.49. The Morgan fingerprint density at radius 3 is 1.69 bits per heavy atom. The summed E-state index contributed by atoms with van der Waals surface area (Å²) in [4.78, 5) is 41.1. The molecule has 0 heterocycles. The third kappa shape index (κ3) is 17.8. The molecule has 3 unspecified atom stereocenters. The monoisotopic (exact) mass is 591 g/mol. The summed E-state index contributed by atoms with van der Waals surface area (Å²) < 4.78 is 10.4. The van der Waals surface area contributed by atoms with E-state index >= 15 is 0 Å². The van der Waals surface area contributed by atoms with Crippen molar-refractivity contribution in [2.45, 2.75) is 69.1 Å². The van der Waals surface area contributed by atoms with E-state index in [1.54, 1.807) is 0 Å². The third-order valence-electron chi connectivity index (χ3n) is 3.64. The van der Waals surface area contributed by atoms with Crippen LogP contribution in [0.15, 0.2) is 0 Å². The van der Waals surface area contributed by atoms with Gasteiger partial charge >= 0.3 is 80.2 Å². The average Bonchev–Trinajstić information content (AvgIpc) is 2.40. The molecule has 3 atom stereocenters. The van der Waals surface area contributed by atoms with Crippen molar-refractivity contribution < 1.29 is 114 Å². The van der Waals surface area contributed by atoms with E-state index in [2.05, 4.69) is 0 Å². The molecule has 0 aromatic rings. The Bertz CT molecular complexity index is 433. The molecule has 13 heteroatoms. The Labute approximate surface area is 212 Å². The van der Waals surface area contributed by atoms with Crippen LogP contribution in [-0.4, -0.2) is 29.7 Å².